The van der Waals surface area contributed by atoms with Crippen molar-refractivity contribution in [3.63, 3.8) is 0 Å². The molecule has 1 saturated carbocycles. The number of aryl methyl sites for hydroxylation is 2. The van der Waals surface area contributed by atoms with Gasteiger partial charge in [0.1, 0.15) is 5.75 Å². The molecule has 2 N–H and O–H groups in total. The number of methoxy groups -OCH3 is 1. The van der Waals surface area contributed by atoms with Crippen LogP contribution >= 0.6 is 0 Å². The lowest BCUT2D eigenvalue weighted by Gasteiger charge is -2.31. The Bertz CT molecular complexity index is 427. The van der Waals surface area contributed by atoms with E-state index in [4.69, 9.17) is 10.5 Å². The summed E-state index contributed by atoms with van der Waals surface area (Å²) in [4.78, 5) is 2.23. The minimum atomic E-state index is -0.0447. The molecule has 0 aromatic heterocycles. The highest BCUT2D eigenvalue weighted by Crippen LogP contribution is 2.46. The maximum atomic E-state index is 6.42. The van der Waals surface area contributed by atoms with E-state index in [0.717, 1.165) is 18.6 Å². The first-order valence-electron chi connectivity index (χ1n) is 6.49. The zero-order valence-corrected chi connectivity index (χ0v) is 12.1. The van der Waals surface area contributed by atoms with E-state index >= 15 is 0 Å². The molecule has 100 valence electrons. The van der Waals surface area contributed by atoms with E-state index in [2.05, 4.69) is 45.0 Å². The van der Waals surface area contributed by atoms with Crippen molar-refractivity contribution in [2.45, 2.75) is 38.3 Å². The van der Waals surface area contributed by atoms with Crippen molar-refractivity contribution in [3.05, 3.63) is 28.8 Å². The zero-order chi connectivity index (χ0) is 13.5. The Labute approximate surface area is 110 Å². The molecule has 1 aliphatic carbocycles. The minimum Gasteiger partial charge on any atom is -0.496 e. The summed E-state index contributed by atoms with van der Waals surface area (Å²) < 4.78 is 5.43. The molecule has 0 heterocycles. The second-order valence-electron chi connectivity index (χ2n) is 5.79. The van der Waals surface area contributed by atoms with Gasteiger partial charge < -0.3 is 15.4 Å². The van der Waals surface area contributed by atoms with Gasteiger partial charge in [-0.05, 0) is 57.5 Å². The van der Waals surface area contributed by atoms with Crippen molar-refractivity contribution in [3.8, 4) is 5.75 Å². The van der Waals surface area contributed by atoms with Crippen molar-refractivity contribution in [2.24, 2.45) is 5.73 Å². The molecule has 1 fully saturated rings. The third kappa shape index (κ3) is 2.25. The van der Waals surface area contributed by atoms with Gasteiger partial charge >= 0.3 is 0 Å². The summed E-state index contributed by atoms with van der Waals surface area (Å²) in [6.07, 6.45) is 2.22. The summed E-state index contributed by atoms with van der Waals surface area (Å²) in [5.41, 5.74) is 10.0. The van der Waals surface area contributed by atoms with Crippen LogP contribution in [0.3, 0.4) is 0 Å². The van der Waals surface area contributed by atoms with E-state index in [9.17, 15) is 0 Å². The molecule has 1 aromatic rings. The Morgan fingerprint density at radius 3 is 2.06 bits per heavy atom. The predicted octanol–water partition coefficient (Wildman–Crippen LogP) is 2.41. The number of rotatable bonds is 4. The fourth-order valence-electron chi connectivity index (χ4n) is 3.03. The number of hydrogen-bond acceptors (Lipinski definition) is 3. The molecular weight excluding hydrogens is 224 g/mol. The minimum absolute atomic E-state index is 0.0447. The van der Waals surface area contributed by atoms with Gasteiger partial charge in [0.25, 0.3) is 0 Å². The first-order chi connectivity index (χ1) is 8.39. The van der Waals surface area contributed by atoms with Gasteiger partial charge in [-0.25, -0.2) is 0 Å². The van der Waals surface area contributed by atoms with Crippen molar-refractivity contribution < 1.29 is 4.74 Å². The maximum absolute atomic E-state index is 6.42. The molecule has 1 aromatic carbocycles. The summed E-state index contributed by atoms with van der Waals surface area (Å²) >= 11 is 0. The molecule has 0 saturated heterocycles. The standard InChI is InChI=1S/C15H24N2O/c1-10-8-12(9-11(2)13(10)18-5)14(17(3)4)15(16)6-7-15/h8-9,14H,6-7,16H2,1-5H3. The largest absolute Gasteiger partial charge is 0.496 e. The highest BCUT2D eigenvalue weighted by molar-refractivity contribution is 5.45. The fraction of sp³-hybridized carbons (Fsp3) is 0.600. The average Bonchev–Trinajstić information content (AvgIpc) is 2.95. The summed E-state index contributed by atoms with van der Waals surface area (Å²) in [6.45, 7) is 4.19. The van der Waals surface area contributed by atoms with Crippen LogP contribution in [0.5, 0.6) is 5.75 Å². The first kappa shape index (κ1) is 13.4. The number of nitrogens with zero attached hydrogens (tertiary/aromatic N) is 1. The van der Waals surface area contributed by atoms with Crippen LogP contribution in [0.15, 0.2) is 12.1 Å². The van der Waals surface area contributed by atoms with Crippen LogP contribution in [-0.4, -0.2) is 31.6 Å². The normalized spacial score (nSPS) is 18.8. The number of likely N-dealkylation sites (N-methyl/N-ethyl adjacent to an activating group) is 1. The monoisotopic (exact) mass is 248 g/mol. The van der Waals surface area contributed by atoms with Gasteiger partial charge in [0.15, 0.2) is 0 Å². The van der Waals surface area contributed by atoms with Crippen molar-refractivity contribution in [1.82, 2.24) is 4.90 Å². The van der Waals surface area contributed by atoms with Gasteiger partial charge in [-0.3, -0.25) is 0 Å². The lowest BCUT2D eigenvalue weighted by molar-refractivity contribution is 0.245. The van der Waals surface area contributed by atoms with E-state index in [0.29, 0.717) is 6.04 Å². The molecule has 0 bridgehead atoms. The molecule has 18 heavy (non-hydrogen) atoms. The smallest absolute Gasteiger partial charge is 0.124 e. The maximum Gasteiger partial charge on any atom is 0.124 e. The van der Waals surface area contributed by atoms with E-state index in [-0.39, 0.29) is 5.54 Å². The molecule has 3 nitrogen and oxygen atoms in total. The fourth-order valence-corrected chi connectivity index (χ4v) is 3.03. The second-order valence-corrected chi connectivity index (χ2v) is 5.79. The van der Waals surface area contributed by atoms with Crippen LogP contribution in [0, 0.1) is 13.8 Å². The molecule has 0 spiro atoms. The molecule has 1 unspecified atom stereocenters. The van der Waals surface area contributed by atoms with E-state index in [1.165, 1.54) is 16.7 Å². The Balaban J connectivity index is 2.43. The molecular formula is C15H24N2O. The molecule has 2 rings (SSSR count). The van der Waals surface area contributed by atoms with Crippen LogP contribution < -0.4 is 10.5 Å². The topological polar surface area (TPSA) is 38.5 Å². The lowest BCUT2D eigenvalue weighted by atomic mass is 9.93. The average molecular weight is 248 g/mol. The number of nitrogens with two attached hydrogens (primary N) is 1. The van der Waals surface area contributed by atoms with E-state index < -0.39 is 0 Å². The Kier molecular flexibility index (Phi) is 3.39. The summed E-state index contributed by atoms with van der Waals surface area (Å²) in [7, 11) is 5.93. The van der Waals surface area contributed by atoms with Crippen LogP contribution in [-0.2, 0) is 0 Å². The van der Waals surface area contributed by atoms with Crippen LogP contribution in [0.1, 0.15) is 35.6 Å². The third-order valence-electron chi connectivity index (χ3n) is 3.89. The first-order valence-corrected chi connectivity index (χ1v) is 6.49. The molecule has 1 aliphatic rings. The van der Waals surface area contributed by atoms with Gasteiger partial charge in [-0.1, -0.05) is 12.1 Å². The zero-order valence-electron chi connectivity index (χ0n) is 12.1. The quantitative estimate of drug-likeness (QED) is 0.889. The highest BCUT2D eigenvalue weighted by atomic mass is 16.5. The van der Waals surface area contributed by atoms with Gasteiger partial charge in [-0.2, -0.15) is 0 Å². The van der Waals surface area contributed by atoms with Gasteiger partial charge in [-0.15, -0.1) is 0 Å². The number of hydrogen-bond donors (Lipinski definition) is 1. The van der Waals surface area contributed by atoms with Gasteiger partial charge in [0.2, 0.25) is 0 Å². The SMILES string of the molecule is COc1c(C)cc(C(N(C)C)C2(N)CC2)cc1C. The Morgan fingerprint density at radius 2 is 1.72 bits per heavy atom. The molecule has 0 aliphatic heterocycles. The van der Waals surface area contributed by atoms with Crippen molar-refractivity contribution >= 4 is 0 Å². The van der Waals surface area contributed by atoms with Crippen molar-refractivity contribution in [1.29, 1.82) is 0 Å². The van der Waals surface area contributed by atoms with Gasteiger partial charge in [0, 0.05) is 5.54 Å². The lowest BCUT2D eigenvalue weighted by Crippen LogP contribution is -2.39. The van der Waals surface area contributed by atoms with Crippen LogP contribution in [0.4, 0.5) is 0 Å². The Morgan fingerprint density at radius 1 is 1.22 bits per heavy atom. The molecule has 0 radical (unpaired) electrons. The summed E-state index contributed by atoms with van der Waals surface area (Å²) in [6, 6.07) is 4.72. The van der Waals surface area contributed by atoms with Crippen LogP contribution in [0.2, 0.25) is 0 Å². The van der Waals surface area contributed by atoms with Crippen molar-refractivity contribution in [2.75, 3.05) is 21.2 Å². The molecule has 1 atom stereocenters. The molecule has 3 heteroatoms. The number of benzene rings is 1. The van der Waals surface area contributed by atoms with E-state index in [1.807, 2.05) is 0 Å². The van der Waals surface area contributed by atoms with Crippen LogP contribution in [0.25, 0.3) is 0 Å². The van der Waals surface area contributed by atoms with Gasteiger partial charge in [0.05, 0.1) is 13.2 Å². The third-order valence-corrected chi connectivity index (χ3v) is 3.89. The van der Waals surface area contributed by atoms with E-state index in [1.54, 1.807) is 7.11 Å². The number of ether oxygens (including phenoxy) is 1. The highest BCUT2D eigenvalue weighted by Gasteiger charge is 2.47. The summed E-state index contributed by atoms with van der Waals surface area (Å²) in [5.74, 6) is 0.984. The summed E-state index contributed by atoms with van der Waals surface area (Å²) in [5, 5.41) is 0. The second kappa shape index (κ2) is 4.56. The predicted molar refractivity (Wildman–Crippen MR) is 75.0 cm³/mol. The molecule has 0 amide bonds. The Hall–Kier alpha value is -1.06.